The number of fused-ring (bicyclic) bond motifs is 2. The molecule has 0 unspecified atom stereocenters. The zero-order valence-electron chi connectivity index (χ0n) is 9.44. The fourth-order valence-corrected chi connectivity index (χ4v) is 2.49. The summed E-state index contributed by atoms with van der Waals surface area (Å²) in [6.07, 6.45) is 4.40. The molecule has 1 aliphatic rings. The van der Waals surface area contributed by atoms with Crippen molar-refractivity contribution in [2.24, 2.45) is 0 Å². The van der Waals surface area contributed by atoms with E-state index in [1.54, 1.807) is 12.1 Å². The first-order valence-electron chi connectivity index (χ1n) is 5.90. The third kappa shape index (κ3) is 1.68. The highest BCUT2D eigenvalue weighted by atomic mass is 16.4. The van der Waals surface area contributed by atoms with Crippen LogP contribution in [0, 0.1) is 0 Å². The summed E-state index contributed by atoms with van der Waals surface area (Å²) in [4.78, 5) is 15.7. The number of carboxylic acids is 1. The number of hydrogen-bond acceptors (Lipinski definition) is 2. The van der Waals surface area contributed by atoms with Gasteiger partial charge in [0.1, 0.15) is 0 Å². The first kappa shape index (κ1) is 10.3. The van der Waals surface area contributed by atoms with E-state index in [9.17, 15) is 4.79 Å². The molecule has 0 bridgehead atoms. The minimum atomic E-state index is -0.904. The van der Waals surface area contributed by atoms with Crippen LogP contribution in [0.25, 0.3) is 10.9 Å². The van der Waals surface area contributed by atoms with E-state index in [0.717, 1.165) is 30.3 Å². The molecule has 3 rings (SSSR count). The number of aromatic nitrogens is 1. The summed E-state index contributed by atoms with van der Waals surface area (Å²) in [5, 5.41) is 10.1. The van der Waals surface area contributed by atoms with Gasteiger partial charge in [0.25, 0.3) is 0 Å². The summed E-state index contributed by atoms with van der Waals surface area (Å²) in [6, 6.07) is 7.43. The van der Waals surface area contributed by atoms with Gasteiger partial charge in [-0.3, -0.25) is 4.98 Å². The average Bonchev–Trinajstić information content (AvgIpc) is 2.35. The van der Waals surface area contributed by atoms with Crippen LogP contribution in [0.4, 0.5) is 0 Å². The highest BCUT2D eigenvalue weighted by molar-refractivity contribution is 6.01. The summed E-state index contributed by atoms with van der Waals surface area (Å²) in [5.41, 5.74) is 3.29. The van der Waals surface area contributed by atoms with Gasteiger partial charge >= 0.3 is 5.97 Å². The van der Waals surface area contributed by atoms with Crippen LogP contribution in [0.1, 0.15) is 34.5 Å². The van der Waals surface area contributed by atoms with Crippen LogP contribution in [-0.4, -0.2) is 16.1 Å². The molecule has 2 aromatic rings. The Morgan fingerprint density at radius 2 is 2.06 bits per heavy atom. The molecule has 0 saturated heterocycles. The Morgan fingerprint density at radius 3 is 2.88 bits per heavy atom. The highest BCUT2D eigenvalue weighted by Gasteiger charge is 2.15. The number of rotatable bonds is 1. The topological polar surface area (TPSA) is 50.2 Å². The fourth-order valence-electron chi connectivity index (χ4n) is 2.49. The van der Waals surface area contributed by atoms with Gasteiger partial charge < -0.3 is 5.11 Å². The lowest BCUT2D eigenvalue weighted by molar-refractivity contribution is 0.0699. The monoisotopic (exact) mass is 227 g/mol. The summed E-state index contributed by atoms with van der Waals surface area (Å²) < 4.78 is 0. The Kier molecular flexibility index (Phi) is 2.32. The molecule has 0 atom stereocenters. The van der Waals surface area contributed by atoms with Crippen molar-refractivity contribution in [1.82, 2.24) is 4.98 Å². The number of carbonyl (C=O) groups is 1. The quantitative estimate of drug-likeness (QED) is 0.815. The summed E-state index contributed by atoms with van der Waals surface area (Å²) >= 11 is 0. The summed E-state index contributed by atoms with van der Waals surface area (Å²) in [5.74, 6) is -0.904. The van der Waals surface area contributed by atoms with Gasteiger partial charge in [0.2, 0.25) is 0 Å². The van der Waals surface area contributed by atoms with Crippen LogP contribution in [0.15, 0.2) is 24.3 Å². The van der Waals surface area contributed by atoms with Crippen molar-refractivity contribution in [1.29, 1.82) is 0 Å². The first-order valence-corrected chi connectivity index (χ1v) is 5.90. The molecule has 0 radical (unpaired) electrons. The lowest BCUT2D eigenvalue weighted by atomic mass is 9.94. The molecule has 3 heteroatoms. The molecule has 0 amide bonds. The molecule has 1 N–H and O–H groups in total. The number of nitrogens with zero attached hydrogens (tertiary/aromatic N) is 1. The van der Waals surface area contributed by atoms with Gasteiger partial charge in [0, 0.05) is 11.1 Å². The molecule has 1 aliphatic carbocycles. The second-order valence-corrected chi connectivity index (χ2v) is 4.48. The van der Waals surface area contributed by atoms with E-state index >= 15 is 0 Å². The molecule has 1 heterocycles. The van der Waals surface area contributed by atoms with E-state index in [1.165, 1.54) is 12.0 Å². The number of carboxylic acid groups (broad SMARTS) is 1. The Labute approximate surface area is 99.1 Å². The largest absolute Gasteiger partial charge is 0.478 e. The summed E-state index contributed by atoms with van der Waals surface area (Å²) in [7, 11) is 0. The minimum absolute atomic E-state index is 0.302. The predicted molar refractivity (Wildman–Crippen MR) is 65.3 cm³/mol. The van der Waals surface area contributed by atoms with Crippen LogP contribution in [0.5, 0.6) is 0 Å². The SMILES string of the molecule is O=C(O)c1cccc2cc3c(nc12)CCCC3. The second kappa shape index (κ2) is 3.84. The van der Waals surface area contributed by atoms with Crippen LogP contribution in [0.3, 0.4) is 0 Å². The Morgan fingerprint density at radius 1 is 1.24 bits per heavy atom. The molecule has 1 aromatic heterocycles. The van der Waals surface area contributed by atoms with Gasteiger partial charge in [0.15, 0.2) is 0 Å². The van der Waals surface area contributed by atoms with Gasteiger partial charge in [-0.25, -0.2) is 4.79 Å². The smallest absolute Gasteiger partial charge is 0.337 e. The molecule has 0 spiro atoms. The Balaban J connectivity index is 2.30. The van der Waals surface area contributed by atoms with Gasteiger partial charge in [-0.05, 0) is 43.4 Å². The molecular formula is C14H13NO2. The van der Waals surface area contributed by atoms with Gasteiger partial charge in [-0.15, -0.1) is 0 Å². The van der Waals surface area contributed by atoms with Crippen molar-refractivity contribution in [3.05, 3.63) is 41.1 Å². The van der Waals surface area contributed by atoms with Crippen molar-refractivity contribution in [3.63, 3.8) is 0 Å². The van der Waals surface area contributed by atoms with E-state index in [2.05, 4.69) is 11.1 Å². The maximum Gasteiger partial charge on any atom is 0.337 e. The van der Waals surface area contributed by atoms with Gasteiger partial charge in [-0.1, -0.05) is 12.1 Å². The molecule has 0 aliphatic heterocycles. The maximum atomic E-state index is 11.1. The third-order valence-electron chi connectivity index (χ3n) is 3.35. The predicted octanol–water partition coefficient (Wildman–Crippen LogP) is 2.81. The van der Waals surface area contributed by atoms with Crippen LogP contribution in [0.2, 0.25) is 0 Å². The lowest BCUT2D eigenvalue weighted by Gasteiger charge is -2.15. The molecule has 0 fully saturated rings. The molecule has 3 nitrogen and oxygen atoms in total. The fraction of sp³-hybridized carbons (Fsp3) is 0.286. The van der Waals surface area contributed by atoms with Crippen LogP contribution < -0.4 is 0 Å². The van der Waals surface area contributed by atoms with E-state index in [-0.39, 0.29) is 0 Å². The molecule has 17 heavy (non-hydrogen) atoms. The maximum absolute atomic E-state index is 11.1. The Hall–Kier alpha value is -1.90. The van der Waals surface area contributed by atoms with Gasteiger partial charge in [0.05, 0.1) is 11.1 Å². The van der Waals surface area contributed by atoms with Crippen molar-refractivity contribution in [2.45, 2.75) is 25.7 Å². The first-order chi connectivity index (χ1) is 8.25. The summed E-state index contributed by atoms with van der Waals surface area (Å²) in [6.45, 7) is 0. The van der Waals surface area contributed by atoms with E-state index in [1.807, 2.05) is 6.07 Å². The highest BCUT2D eigenvalue weighted by Crippen LogP contribution is 2.25. The van der Waals surface area contributed by atoms with E-state index in [0.29, 0.717) is 11.1 Å². The third-order valence-corrected chi connectivity index (χ3v) is 3.35. The van der Waals surface area contributed by atoms with Crippen LogP contribution >= 0.6 is 0 Å². The number of aromatic carboxylic acids is 1. The standard InChI is InChI=1S/C14H13NO2/c16-14(17)11-6-3-5-10-8-9-4-1-2-7-12(9)15-13(10)11/h3,5-6,8H,1-2,4,7H2,(H,16,17). The number of pyridine rings is 1. The molecule has 0 saturated carbocycles. The van der Waals surface area contributed by atoms with Crippen molar-refractivity contribution in [3.8, 4) is 0 Å². The van der Waals surface area contributed by atoms with E-state index < -0.39 is 5.97 Å². The van der Waals surface area contributed by atoms with Crippen LogP contribution in [-0.2, 0) is 12.8 Å². The lowest BCUT2D eigenvalue weighted by Crippen LogP contribution is -2.07. The van der Waals surface area contributed by atoms with Crippen molar-refractivity contribution >= 4 is 16.9 Å². The molecule has 1 aromatic carbocycles. The Bertz CT molecular complexity index is 604. The molecule has 86 valence electrons. The van der Waals surface area contributed by atoms with Crippen molar-refractivity contribution in [2.75, 3.05) is 0 Å². The van der Waals surface area contributed by atoms with E-state index in [4.69, 9.17) is 5.11 Å². The minimum Gasteiger partial charge on any atom is -0.478 e. The average molecular weight is 227 g/mol. The number of para-hydroxylation sites is 1. The normalized spacial score (nSPS) is 14.6. The number of aryl methyl sites for hydroxylation is 2. The molecular weight excluding hydrogens is 214 g/mol. The zero-order chi connectivity index (χ0) is 11.8. The van der Waals surface area contributed by atoms with Crippen molar-refractivity contribution < 1.29 is 9.90 Å². The second-order valence-electron chi connectivity index (χ2n) is 4.48. The number of hydrogen-bond donors (Lipinski definition) is 1. The zero-order valence-corrected chi connectivity index (χ0v) is 9.44. The van der Waals surface area contributed by atoms with Gasteiger partial charge in [-0.2, -0.15) is 0 Å². The number of benzene rings is 1.